The molecule has 0 unspecified atom stereocenters. The number of nitrogens with zero attached hydrogens (tertiary/aromatic N) is 2. The molecule has 4 nitrogen and oxygen atoms in total. The third kappa shape index (κ3) is 6.48. The van der Waals surface area contributed by atoms with Gasteiger partial charge in [-0.2, -0.15) is 5.10 Å². The molecule has 1 aromatic carbocycles. The molecule has 0 saturated carbocycles. The van der Waals surface area contributed by atoms with Crippen molar-refractivity contribution in [3.63, 3.8) is 0 Å². The molecule has 124 valence electrons. The predicted octanol–water partition coefficient (Wildman–Crippen LogP) is 5.00. The molecule has 0 N–H and O–H groups in total. The summed E-state index contributed by atoms with van der Waals surface area (Å²) < 4.78 is 6.54. The van der Waals surface area contributed by atoms with Crippen molar-refractivity contribution in [2.75, 3.05) is 0 Å². The summed E-state index contributed by atoms with van der Waals surface area (Å²) in [5.41, 5.74) is 1.88. The third-order valence-electron chi connectivity index (χ3n) is 2.60. The molecule has 0 aliphatic carbocycles. The molecular weight excluding hydrogens is 300 g/mol. The highest BCUT2D eigenvalue weighted by Crippen LogP contribution is 2.21. The van der Waals surface area contributed by atoms with Crippen LogP contribution in [-0.4, -0.2) is 21.9 Å². The molecule has 0 saturated heterocycles. The van der Waals surface area contributed by atoms with Gasteiger partial charge in [-0.25, -0.2) is 0 Å². The van der Waals surface area contributed by atoms with Crippen molar-refractivity contribution < 1.29 is 9.53 Å². The van der Waals surface area contributed by atoms with Crippen molar-refractivity contribution in [2.24, 2.45) is 0 Å². The van der Waals surface area contributed by atoms with Gasteiger partial charge < -0.3 is 4.74 Å². The molecule has 2 rings (SSSR count). The monoisotopic (exact) mass is 326 g/mol. The second kappa shape index (κ2) is 9.46. The Balaban J connectivity index is 0.000000421. The van der Waals surface area contributed by atoms with Crippen molar-refractivity contribution in [1.29, 1.82) is 0 Å². The smallest absolute Gasteiger partial charge is 0.293 e. The van der Waals surface area contributed by atoms with Gasteiger partial charge in [-0.3, -0.25) is 9.48 Å². The molecule has 0 radical (unpaired) electrons. The number of fused-ring (bicyclic) bond motifs is 1. The number of rotatable bonds is 2. The maximum Gasteiger partial charge on any atom is 0.293 e. The average molecular weight is 327 g/mol. The van der Waals surface area contributed by atoms with Gasteiger partial charge in [0.05, 0.1) is 11.2 Å². The van der Waals surface area contributed by atoms with Gasteiger partial charge in [0, 0.05) is 17.0 Å². The first kappa shape index (κ1) is 20.5. The fraction of sp³-hybridized carbons (Fsp3) is 0.529. The highest BCUT2D eigenvalue weighted by atomic mass is 35.5. The van der Waals surface area contributed by atoms with Crippen molar-refractivity contribution in [1.82, 2.24) is 9.78 Å². The lowest BCUT2D eigenvalue weighted by Gasteiger charge is -2.14. The van der Waals surface area contributed by atoms with E-state index < -0.39 is 0 Å². The van der Waals surface area contributed by atoms with Gasteiger partial charge in [-0.05, 0) is 52.8 Å². The highest BCUT2D eigenvalue weighted by Gasteiger charge is 2.07. The van der Waals surface area contributed by atoms with Crippen LogP contribution in [0.5, 0.6) is 0 Å². The van der Waals surface area contributed by atoms with E-state index in [4.69, 9.17) is 11.6 Å². The summed E-state index contributed by atoms with van der Waals surface area (Å²) in [5.74, 6) is 0. The highest BCUT2D eigenvalue weighted by molar-refractivity contribution is 6.31. The molecule has 5 heteroatoms. The zero-order valence-electron chi connectivity index (χ0n) is 14.6. The largest absolute Gasteiger partial charge is 0.462 e. The first-order chi connectivity index (χ1) is 10.3. The SMILES string of the molecule is CC.CC(C)(C)OC=O.CCn1nc(C)c2cc(Cl)ccc21. The summed E-state index contributed by atoms with van der Waals surface area (Å²) >= 11 is 5.91. The van der Waals surface area contributed by atoms with Crippen molar-refractivity contribution in [3.05, 3.63) is 28.9 Å². The van der Waals surface area contributed by atoms with Crippen LogP contribution < -0.4 is 0 Å². The predicted molar refractivity (Wildman–Crippen MR) is 93.4 cm³/mol. The van der Waals surface area contributed by atoms with Crippen LogP contribution in [0.25, 0.3) is 10.9 Å². The minimum absolute atomic E-state index is 0.318. The van der Waals surface area contributed by atoms with E-state index in [0.717, 1.165) is 28.2 Å². The summed E-state index contributed by atoms with van der Waals surface area (Å²) in [5, 5.41) is 6.32. The van der Waals surface area contributed by atoms with Gasteiger partial charge in [0.2, 0.25) is 0 Å². The van der Waals surface area contributed by atoms with E-state index in [2.05, 4.69) is 16.8 Å². The van der Waals surface area contributed by atoms with Gasteiger partial charge in [-0.15, -0.1) is 0 Å². The quantitative estimate of drug-likeness (QED) is 0.729. The van der Waals surface area contributed by atoms with E-state index in [1.165, 1.54) is 0 Å². The number of aromatic nitrogens is 2. The van der Waals surface area contributed by atoms with Crippen LogP contribution in [0.1, 0.15) is 47.2 Å². The lowest BCUT2D eigenvalue weighted by atomic mass is 10.2. The normalized spacial score (nSPS) is 10.2. The molecule has 0 bridgehead atoms. The van der Waals surface area contributed by atoms with Crippen molar-refractivity contribution in [3.8, 4) is 0 Å². The van der Waals surface area contributed by atoms with Gasteiger partial charge >= 0.3 is 0 Å². The number of halogens is 1. The van der Waals surface area contributed by atoms with Gasteiger partial charge in [-0.1, -0.05) is 25.4 Å². The first-order valence-corrected chi connectivity index (χ1v) is 7.90. The van der Waals surface area contributed by atoms with Crippen molar-refractivity contribution in [2.45, 2.75) is 60.6 Å². The zero-order valence-corrected chi connectivity index (χ0v) is 15.4. The number of hydrogen-bond acceptors (Lipinski definition) is 3. The molecule has 22 heavy (non-hydrogen) atoms. The molecule has 0 amide bonds. The van der Waals surface area contributed by atoms with Gasteiger partial charge in [0.15, 0.2) is 0 Å². The van der Waals surface area contributed by atoms with Crippen LogP contribution in [0.3, 0.4) is 0 Å². The molecule has 0 aliphatic rings. The maximum atomic E-state index is 9.60. The molecule has 0 aliphatic heterocycles. The summed E-state index contributed by atoms with van der Waals surface area (Å²) in [6.07, 6.45) is 0. The Bertz CT molecular complexity index is 586. The minimum atomic E-state index is -0.318. The lowest BCUT2D eigenvalue weighted by Crippen LogP contribution is -2.17. The Morgan fingerprint density at radius 3 is 2.32 bits per heavy atom. The van der Waals surface area contributed by atoms with Crippen LogP contribution in [0.4, 0.5) is 0 Å². The lowest BCUT2D eigenvalue weighted by molar-refractivity contribution is -0.138. The van der Waals surface area contributed by atoms with E-state index in [-0.39, 0.29) is 5.60 Å². The van der Waals surface area contributed by atoms with Crippen LogP contribution in [-0.2, 0) is 16.1 Å². The molecule has 2 aromatic rings. The number of benzene rings is 1. The van der Waals surface area contributed by atoms with E-state index in [1.54, 1.807) is 0 Å². The topological polar surface area (TPSA) is 44.1 Å². The Kier molecular flexibility index (Phi) is 8.80. The van der Waals surface area contributed by atoms with E-state index >= 15 is 0 Å². The number of carbonyl (C=O) groups is 1. The van der Waals surface area contributed by atoms with Gasteiger partial charge in [0.1, 0.15) is 5.60 Å². The number of ether oxygens (including phenoxy) is 1. The summed E-state index contributed by atoms with van der Waals surface area (Å²) in [6.45, 7) is 14.9. The fourth-order valence-electron chi connectivity index (χ4n) is 1.70. The van der Waals surface area contributed by atoms with Crippen LogP contribution in [0, 0.1) is 6.92 Å². The Labute approximate surface area is 138 Å². The third-order valence-corrected chi connectivity index (χ3v) is 2.83. The Morgan fingerprint density at radius 2 is 1.91 bits per heavy atom. The molecule has 1 aromatic heterocycles. The van der Waals surface area contributed by atoms with Crippen LogP contribution in [0.2, 0.25) is 5.02 Å². The summed E-state index contributed by atoms with van der Waals surface area (Å²) in [7, 11) is 0. The van der Waals surface area contributed by atoms with E-state index in [0.29, 0.717) is 6.47 Å². The van der Waals surface area contributed by atoms with E-state index in [9.17, 15) is 4.79 Å². The molecule has 0 spiro atoms. The van der Waals surface area contributed by atoms with E-state index in [1.807, 2.05) is 64.4 Å². The summed E-state index contributed by atoms with van der Waals surface area (Å²) in [6, 6.07) is 5.88. The number of hydrogen-bond donors (Lipinski definition) is 0. The van der Waals surface area contributed by atoms with Crippen molar-refractivity contribution >= 4 is 29.0 Å². The maximum absolute atomic E-state index is 9.60. The fourth-order valence-corrected chi connectivity index (χ4v) is 1.87. The molecular formula is C17H27ClN2O2. The average Bonchev–Trinajstić information content (AvgIpc) is 2.77. The summed E-state index contributed by atoms with van der Waals surface area (Å²) in [4.78, 5) is 9.60. The number of carbonyl (C=O) groups excluding carboxylic acids is 1. The Hall–Kier alpha value is -1.55. The second-order valence-electron chi connectivity index (χ2n) is 5.39. The standard InChI is InChI=1S/C10H11ClN2.C5H10O2.C2H6/c1-3-13-10-5-4-8(11)6-9(10)7(2)12-13;1-5(2,3)7-4-6;1-2/h4-6H,3H2,1-2H3;4H,1-3H3;1-2H3. The molecule has 0 atom stereocenters. The van der Waals surface area contributed by atoms with Gasteiger partial charge in [0.25, 0.3) is 6.47 Å². The second-order valence-corrected chi connectivity index (χ2v) is 5.83. The van der Waals surface area contributed by atoms with Crippen LogP contribution in [0.15, 0.2) is 18.2 Å². The molecule has 0 fully saturated rings. The Morgan fingerprint density at radius 1 is 1.32 bits per heavy atom. The number of aryl methyl sites for hydroxylation is 2. The first-order valence-electron chi connectivity index (χ1n) is 7.52. The van der Waals surface area contributed by atoms with Crippen LogP contribution >= 0.6 is 11.6 Å². The minimum Gasteiger partial charge on any atom is -0.462 e. The molecule has 1 heterocycles. The zero-order chi connectivity index (χ0) is 17.3.